The molecule has 1 N–H and O–H groups in total. The second-order valence-electron chi connectivity index (χ2n) is 3.04. The van der Waals surface area contributed by atoms with E-state index in [-0.39, 0.29) is 5.69 Å². The third-order valence-corrected chi connectivity index (χ3v) is 2.00. The lowest BCUT2D eigenvalue weighted by atomic mass is 10.3. The van der Waals surface area contributed by atoms with Crippen LogP contribution in [0.25, 0.3) is 0 Å². The van der Waals surface area contributed by atoms with Crippen molar-refractivity contribution in [2.24, 2.45) is 0 Å². The van der Waals surface area contributed by atoms with Gasteiger partial charge in [0.1, 0.15) is 25.0 Å². The number of nitro groups is 1. The fraction of sp³-hybridized carbons (Fsp3) is 0.111. The Kier molecular flexibility index (Phi) is 2.77. The summed E-state index contributed by atoms with van der Waals surface area (Å²) in [6.07, 6.45) is 2.93. The van der Waals surface area contributed by atoms with Crippen molar-refractivity contribution >= 4 is 11.4 Å². The Hall–Kier alpha value is -2.44. The molecular weight excluding hydrogens is 210 g/mol. The molecule has 0 radical (unpaired) electrons. The molecule has 1 aromatic carbocycles. The van der Waals surface area contributed by atoms with E-state index in [1.54, 1.807) is 18.2 Å². The smallest absolute Gasteiger partial charge is 0.292 e. The molecule has 0 amide bonds. The van der Waals surface area contributed by atoms with Gasteiger partial charge >= 0.3 is 0 Å². The van der Waals surface area contributed by atoms with Gasteiger partial charge in [-0.05, 0) is 6.07 Å². The zero-order valence-corrected chi connectivity index (χ0v) is 8.28. The monoisotopic (exact) mass is 219 g/mol. The summed E-state index contributed by atoms with van der Waals surface area (Å²) in [4.78, 5) is 14.1. The normalized spacial score (nSPS) is 10.0. The van der Waals surface area contributed by atoms with Crippen molar-refractivity contribution in [2.75, 3.05) is 5.32 Å². The minimum Gasteiger partial charge on any atom is -0.361 e. The van der Waals surface area contributed by atoms with Crippen LogP contribution in [-0.2, 0) is 6.67 Å². The number of hydrogen-bond donors (Lipinski definition) is 1. The van der Waals surface area contributed by atoms with E-state index >= 15 is 0 Å². The van der Waals surface area contributed by atoms with Crippen LogP contribution < -0.4 is 5.32 Å². The molecule has 16 heavy (non-hydrogen) atoms. The van der Waals surface area contributed by atoms with Crippen LogP contribution in [0.1, 0.15) is 0 Å². The van der Waals surface area contributed by atoms with Gasteiger partial charge in [-0.25, -0.2) is 9.67 Å². The molecule has 7 heteroatoms. The van der Waals surface area contributed by atoms with E-state index in [0.29, 0.717) is 12.4 Å². The van der Waals surface area contributed by atoms with Crippen LogP contribution in [-0.4, -0.2) is 19.7 Å². The van der Waals surface area contributed by atoms with Crippen molar-refractivity contribution in [3.63, 3.8) is 0 Å². The first kappa shape index (κ1) is 10.1. The van der Waals surface area contributed by atoms with Crippen LogP contribution in [0.3, 0.4) is 0 Å². The highest BCUT2D eigenvalue weighted by molar-refractivity contribution is 5.60. The molecule has 82 valence electrons. The number of rotatable bonds is 4. The lowest BCUT2D eigenvalue weighted by Crippen LogP contribution is -2.09. The molecule has 0 saturated carbocycles. The van der Waals surface area contributed by atoms with Crippen molar-refractivity contribution < 1.29 is 4.92 Å². The molecule has 0 saturated heterocycles. The van der Waals surface area contributed by atoms with E-state index in [9.17, 15) is 10.1 Å². The minimum atomic E-state index is -0.427. The summed E-state index contributed by atoms with van der Waals surface area (Å²) in [5.74, 6) is 0. The van der Waals surface area contributed by atoms with Gasteiger partial charge in [-0.2, -0.15) is 5.10 Å². The molecular formula is C9H9N5O2. The lowest BCUT2D eigenvalue weighted by Gasteiger charge is -2.05. The van der Waals surface area contributed by atoms with Crippen molar-refractivity contribution in [1.82, 2.24) is 14.8 Å². The number of hydrogen-bond acceptors (Lipinski definition) is 5. The third kappa shape index (κ3) is 2.14. The molecule has 1 aromatic heterocycles. The van der Waals surface area contributed by atoms with Crippen LogP contribution >= 0.6 is 0 Å². The zero-order valence-electron chi connectivity index (χ0n) is 8.28. The molecule has 2 aromatic rings. The number of anilines is 1. The van der Waals surface area contributed by atoms with Crippen molar-refractivity contribution in [2.45, 2.75) is 6.67 Å². The lowest BCUT2D eigenvalue weighted by molar-refractivity contribution is -0.384. The first-order valence-electron chi connectivity index (χ1n) is 4.57. The van der Waals surface area contributed by atoms with Gasteiger partial charge in [-0.1, -0.05) is 12.1 Å². The van der Waals surface area contributed by atoms with Crippen molar-refractivity contribution in [3.8, 4) is 0 Å². The van der Waals surface area contributed by atoms with E-state index in [0.717, 1.165) is 0 Å². The maximum absolute atomic E-state index is 10.7. The minimum absolute atomic E-state index is 0.0441. The molecule has 1 heterocycles. The van der Waals surface area contributed by atoms with Crippen molar-refractivity contribution in [1.29, 1.82) is 0 Å². The van der Waals surface area contributed by atoms with Crippen LogP contribution in [0.4, 0.5) is 11.4 Å². The third-order valence-electron chi connectivity index (χ3n) is 2.00. The topological polar surface area (TPSA) is 85.9 Å². The largest absolute Gasteiger partial charge is 0.361 e. The number of benzene rings is 1. The predicted octanol–water partition coefficient (Wildman–Crippen LogP) is 1.26. The number of nitro benzene ring substituents is 1. The van der Waals surface area contributed by atoms with Gasteiger partial charge in [0, 0.05) is 6.07 Å². The maximum atomic E-state index is 10.7. The number of para-hydroxylation sites is 2. The highest BCUT2D eigenvalue weighted by Gasteiger charge is 2.11. The van der Waals surface area contributed by atoms with Crippen LogP contribution in [0.5, 0.6) is 0 Å². The van der Waals surface area contributed by atoms with Gasteiger partial charge in [0.2, 0.25) is 0 Å². The first-order chi connectivity index (χ1) is 7.77. The number of nitrogens with one attached hydrogen (secondary N) is 1. The quantitative estimate of drug-likeness (QED) is 0.617. The molecule has 0 bridgehead atoms. The standard InChI is InChI=1S/C9H9N5O2/c15-14(16)9-4-2-1-3-8(9)11-7-13-6-10-5-12-13/h1-6,11H,7H2. The Morgan fingerprint density at radius 3 is 2.94 bits per heavy atom. The van der Waals surface area contributed by atoms with E-state index in [2.05, 4.69) is 15.4 Å². The summed E-state index contributed by atoms with van der Waals surface area (Å²) in [5, 5.41) is 17.5. The van der Waals surface area contributed by atoms with Gasteiger partial charge in [0.15, 0.2) is 0 Å². The summed E-state index contributed by atoms with van der Waals surface area (Å²) in [7, 11) is 0. The average Bonchev–Trinajstić information content (AvgIpc) is 2.79. The van der Waals surface area contributed by atoms with Gasteiger partial charge < -0.3 is 5.32 Å². The molecule has 0 aliphatic carbocycles. The van der Waals surface area contributed by atoms with Gasteiger partial charge in [-0.15, -0.1) is 0 Å². The average molecular weight is 219 g/mol. The molecule has 0 aliphatic heterocycles. The van der Waals surface area contributed by atoms with Crippen LogP contribution in [0, 0.1) is 10.1 Å². The Bertz CT molecular complexity index is 482. The molecule has 2 rings (SSSR count). The number of aromatic nitrogens is 3. The zero-order chi connectivity index (χ0) is 11.4. The number of nitrogens with zero attached hydrogens (tertiary/aromatic N) is 4. The Balaban J connectivity index is 2.12. The summed E-state index contributed by atoms with van der Waals surface area (Å²) in [6, 6.07) is 6.45. The highest BCUT2D eigenvalue weighted by atomic mass is 16.6. The van der Waals surface area contributed by atoms with E-state index < -0.39 is 4.92 Å². The summed E-state index contributed by atoms with van der Waals surface area (Å²) in [5.41, 5.74) is 0.505. The Labute approximate surface area is 90.9 Å². The molecule has 7 nitrogen and oxygen atoms in total. The first-order valence-corrected chi connectivity index (χ1v) is 4.57. The highest BCUT2D eigenvalue weighted by Crippen LogP contribution is 2.22. The maximum Gasteiger partial charge on any atom is 0.292 e. The van der Waals surface area contributed by atoms with Gasteiger partial charge in [0.05, 0.1) is 4.92 Å². The van der Waals surface area contributed by atoms with Gasteiger partial charge in [0.25, 0.3) is 5.69 Å². The molecule has 0 unspecified atom stereocenters. The van der Waals surface area contributed by atoms with Gasteiger partial charge in [-0.3, -0.25) is 10.1 Å². The second-order valence-corrected chi connectivity index (χ2v) is 3.04. The predicted molar refractivity (Wildman–Crippen MR) is 56.7 cm³/mol. The van der Waals surface area contributed by atoms with Crippen molar-refractivity contribution in [3.05, 3.63) is 47.0 Å². The molecule has 0 spiro atoms. The molecule has 0 fully saturated rings. The fourth-order valence-corrected chi connectivity index (χ4v) is 1.26. The van der Waals surface area contributed by atoms with E-state index in [1.165, 1.54) is 23.4 Å². The summed E-state index contributed by atoms with van der Waals surface area (Å²) < 4.78 is 1.54. The Morgan fingerprint density at radius 2 is 2.25 bits per heavy atom. The fourth-order valence-electron chi connectivity index (χ4n) is 1.26. The van der Waals surface area contributed by atoms with Crippen LogP contribution in [0.15, 0.2) is 36.9 Å². The summed E-state index contributed by atoms with van der Waals surface area (Å²) >= 11 is 0. The molecule has 0 aliphatic rings. The van der Waals surface area contributed by atoms with E-state index in [1.807, 2.05) is 0 Å². The summed E-state index contributed by atoms with van der Waals surface area (Å²) in [6.45, 7) is 0.338. The second kappa shape index (κ2) is 4.39. The molecule has 0 atom stereocenters. The Morgan fingerprint density at radius 1 is 1.44 bits per heavy atom. The van der Waals surface area contributed by atoms with Crippen LogP contribution in [0.2, 0.25) is 0 Å². The SMILES string of the molecule is O=[N+]([O-])c1ccccc1NCn1cncn1. The van der Waals surface area contributed by atoms with E-state index in [4.69, 9.17) is 0 Å².